The third-order valence-corrected chi connectivity index (χ3v) is 6.47. The lowest BCUT2D eigenvalue weighted by molar-refractivity contribution is -0.131. The molecule has 2 aromatic carbocycles. The molecule has 5 nitrogen and oxygen atoms in total. The van der Waals surface area contributed by atoms with Crippen LogP contribution in [0.1, 0.15) is 57.1 Å². The summed E-state index contributed by atoms with van der Waals surface area (Å²) in [5.74, 6) is 0.0654. The molecular formula is C28H31N3O2. The first-order valence-corrected chi connectivity index (χ1v) is 11.6. The molecule has 0 bridgehead atoms. The molecule has 170 valence electrons. The van der Waals surface area contributed by atoms with Crippen molar-refractivity contribution >= 4 is 11.8 Å². The molecule has 1 aromatic heterocycles. The Labute approximate surface area is 195 Å². The molecule has 3 aromatic rings. The molecule has 1 fully saturated rings. The van der Waals surface area contributed by atoms with Gasteiger partial charge >= 0.3 is 0 Å². The number of benzene rings is 2. The zero-order chi connectivity index (χ0) is 23.2. The van der Waals surface area contributed by atoms with E-state index in [0.29, 0.717) is 25.1 Å². The van der Waals surface area contributed by atoms with Crippen molar-refractivity contribution in [3.8, 4) is 0 Å². The highest BCUT2D eigenvalue weighted by atomic mass is 16.2. The maximum absolute atomic E-state index is 13.0. The van der Waals surface area contributed by atoms with Crippen molar-refractivity contribution in [1.82, 2.24) is 15.2 Å². The molecule has 5 heteroatoms. The summed E-state index contributed by atoms with van der Waals surface area (Å²) in [6, 6.07) is 19.7. The molecule has 0 radical (unpaired) electrons. The van der Waals surface area contributed by atoms with E-state index in [0.717, 1.165) is 36.2 Å². The second-order valence-corrected chi connectivity index (χ2v) is 8.88. The Balaban J connectivity index is 1.44. The largest absolute Gasteiger partial charge is 0.348 e. The number of pyridine rings is 1. The van der Waals surface area contributed by atoms with Crippen LogP contribution in [0, 0.1) is 13.8 Å². The minimum absolute atomic E-state index is 0.0566. The van der Waals surface area contributed by atoms with Crippen LogP contribution in [0.2, 0.25) is 0 Å². The molecule has 1 N–H and O–H groups in total. The van der Waals surface area contributed by atoms with Crippen LogP contribution in [-0.2, 0) is 17.8 Å². The summed E-state index contributed by atoms with van der Waals surface area (Å²) < 4.78 is 0. The van der Waals surface area contributed by atoms with E-state index in [4.69, 9.17) is 0 Å². The van der Waals surface area contributed by atoms with Gasteiger partial charge < -0.3 is 10.2 Å². The lowest BCUT2D eigenvalue weighted by Gasteiger charge is -2.33. The number of amides is 2. The van der Waals surface area contributed by atoms with Crippen LogP contribution in [0.5, 0.6) is 0 Å². The van der Waals surface area contributed by atoms with Crippen LogP contribution in [0.15, 0.2) is 66.9 Å². The second kappa shape index (κ2) is 10.4. The number of aromatic nitrogens is 1. The van der Waals surface area contributed by atoms with Gasteiger partial charge in [-0.2, -0.15) is 0 Å². The normalized spacial score (nSPS) is 15.8. The second-order valence-electron chi connectivity index (χ2n) is 8.88. The number of hydrogen-bond acceptors (Lipinski definition) is 3. The third-order valence-electron chi connectivity index (χ3n) is 6.47. The molecule has 33 heavy (non-hydrogen) atoms. The van der Waals surface area contributed by atoms with Crippen LogP contribution in [0.25, 0.3) is 0 Å². The molecule has 0 spiro atoms. The molecule has 2 heterocycles. The van der Waals surface area contributed by atoms with Crippen molar-refractivity contribution in [3.63, 3.8) is 0 Å². The highest BCUT2D eigenvalue weighted by molar-refractivity contribution is 5.95. The molecule has 0 saturated carbocycles. The Hall–Kier alpha value is -3.47. The summed E-state index contributed by atoms with van der Waals surface area (Å²) in [5, 5.41) is 3.01. The van der Waals surface area contributed by atoms with Crippen LogP contribution >= 0.6 is 0 Å². The van der Waals surface area contributed by atoms with Crippen LogP contribution in [-0.4, -0.2) is 34.8 Å². The Morgan fingerprint density at radius 1 is 1.00 bits per heavy atom. The molecule has 4 rings (SSSR count). The summed E-state index contributed by atoms with van der Waals surface area (Å²) in [4.78, 5) is 32.5. The highest BCUT2D eigenvalue weighted by Gasteiger charge is 2.28. The first-order chi connectivity index (χ1) is 16.0. The SMILES string of the molecule is Cc1ccc(CC(=O)N2CCC[C@H](c3ncccc3C(=O)NCc3ccccc3)C2)cc1C. The van der Waals surface area contributed by atoms with Crippen molar-refractivity contribution in [3.05, 3.63) is 100 Å². The zero-order valence-electron chi connectivity index (χ0n) is 19.4. The molecule has 1 saturated heterocycles. The van der Waals surface area contributed by atoms with Crippen LogP contribution in [0.4, 0.5) is 0 Å². The van der Waals surface area contributed by atoms with Crippen molar-refractivity contribution in [2.75, 3.05) is 13.1 Å². The fourth-order valence-electron chi connectivity index (χ4n) is 4.44. The van der Waals surface area contributed by atoms with Crippen molar-refractivity contribution in [1.29, 1.82) is 0 Å². The van der Waals surface area contributed by atoms with Crippen molar-refractivity contribution < 1.29 is 9.59 Å². The van der Waals surface area contributed by atoms with Gasteiger partial charge in [0, 0.05) is 31.7 Å². The minimum Gasteiger partial charge on any atom is -0.348 e. The zero-order valence-corrected chi connectivity index (χ0v) is 19.4. The molecule has 0 unspecified atom stereocenters. The standard InChI is InChI=1S/C28H31N3O2/c1-20-12-13-23(16-21(20)2)17-26(32)31-15-7-10-24(19-31)27-25(11-6-14-29-27)28(33)30-18-22-8-4-3-5-9-22/h3-6,8-9,11-14,16,24H,7,10,15,17-19H2,1-2H3,(H,30,33)/t24-/m0/s1. The highest BCUT2D eigenvalue weighted by Crippen LogP contribution is 2.28. The fraction of sp³-hybridized carbons (Fsp3) is 0.321. The van der Waals surface area contributed by atoms with Gasteiger partial charge in [0.2, 0.25) is 5.91 Å². The van der Waals surface area contributed by atoms with Gasteiger partial charge in [0.15, 0.2) is 0 Å². The van der Waals surface area contributed by atoms with Gasteiger partial charge in [-0.15, -0.1) is 0 Å². The number of rotatable bonds is 6. The summed E-state index contributed by atoms with van der Waals surface area (Å²) in [6.07, 6.45) is 3.97. The van der Waals surface area contributed by atoms with Crippen LogP contribution < -0.4 is 5.32 Å². The Morgan fingerprint density at radius 3 is 2.61 bits per heavy atom. The van der Waals surface area contributed by atoms with Gasteiger partial charge in [-0.25, -0.2) is 0 Å². The van der Waals surface area contributed by atoms with E-state index >= 15 is 0 Å². The number of nitrogens with one attached hydrogen (secondary N) is 1. The molecule has 0 aliphatic carbocycles. The summed E-state index contributed by atoms with van der Waals surface area (Å²) in [7, 11) is 0. The number of piperidine rings is 1. The number of hydrogen-bond donors (Lipinski definition) is 1. The molecule has 1 aliphatic rings. The molecule has 2 amide bonds. The maximum Gasteiger partial charge on any atom is 0.253 e. The summed E-state index contributed by atoms with van der Waals surface area (Å²) >= 11 is 0. The summed E-state index contributed by atoms with van der Waals surface area (Å²) in [5.41, 5.74) is 5.92. The fourth-order valence-corrected chi connectivity index (χ4v) is 4.44. The first-order valence-electron chi connectivity index (χ1n) is 11.6. The van der Waals surface area contributed by atoms with Gasteiger partial charge in [0.05, 0.1) is 17.7 Å². The number of likely N-dealkylation sites (tertiary alicyclic amines) is 1. The predicted molar refractivity (Wildman–Crippen MR) is 130 cm³/mol. The monoisotopic (exact) mass is 441 g/mol. The van der Waals surface area contributed by atoms with E-state index in [1.54, 1.807) is 12.3 Å². The Morgan fingerprint density at radius 2 is 1.82 bits per heavy atom. The van der Waals surface area contributed by atoms with Crippen LogP contribution in [0.3, 0.4) is 0 Å². The predicted octanol–water partition coefficient (Wildman–Crippen LogP) is 4.58. The number of aryl methyl sites for hydroxylation is 2. The van der Waals surface area contributed by atoms with Crippen molar-refractivity contribution in [2.24, 2.45) is 0 Å². The smallest absolute Gasteiger partial charge is 0.253 e. The van der Waals surface area contributed by atoms with E-state index in [9.17, 15) is 9.59 Å². The van der Waals surface area contributed by atoms with Gasteiger partial charge in [-0.1, -0.05) is 48.5 Å². The van der Waals surface area contributed by atoms with E-state index in [1.165, 1.54) is 11.1 Å². The number of nitrogens with zero attached hydrogens (tertiary/aromatic N) is 2. The van der Waals surface area contributed by atoms with E-state index < -0.39 is 0 Å². The van der Waals surface area contributed by atoms with Gasteiger partial charge in [-0.05, 0) is 61.1 Å². The van der Waals surface area contributed by atoms with E-state index in [2.05, 4.69) is 36.3 Å². The average Bonchev–Trinajstić information content (AvgIpc) is 2.85. The Kier molecular flexibility index (Phi) is 7.18. The minimum atomic E-state index is -0.125. The van der Waals surface area contributed by atoms with Crippen molar-refractivity contribution in [2.45, 2.75) is 45.6 Å². The van der Waals surface area contributed by atoms with Gasteiger partial charge in [0.1, 0.15) is 0 Å². The van der Waals surface area contributed by atoms with E-state index in [1.807, 2.05) is 47.4 Å². The lowest BCUT2D eigenvalue weighted by atomic mass is 9.91. The molecule has 1 atom stereocenters. The average molecular weight is 442 g/mol. The van der Waals surface area contributed by atoms with E-state index in [-0.39, 0.29) is 17.7 Å². The topological polar surface area (TPSA) is 62.3 Å². The lowest BCUT2D eigenvalue weighted by Crippen LogP contribution is -2.40. The number of carbonyl (C=O) groups is 2. The third kappa shape index (κ3) is 5.67. The Bertz CT molecular complexity index is 1130. The maximum atomic E-state index is 13.0. The number of carbonyl (C=O) groups excluding carboxylic acids is 2. The van der Waals surface area contributed by atoms with Gasteiger partial charge in [0.25, 0.3) is 5.91 Å². The van der Waals surface area contributed by atoms with Gasteiger partial charge in [-0.3, -0.25) is 14.6 Å². The molecule has 1 aliphatic heterocycles. The molecular weight excluding hydrogens is 410 g/mol. The first kappa shape index (κ1) is 22.7. The summed E-state index contributed by atoms with van der Waals surface area (Å²) in [6.45, 7) is 5.98. The quantitative estimate of drug-likeness (QED) is 0.609.